The molecule has 0 aliphatic heterocycles. The van der Waals surface area contributed by atoms with Crippen LogP contribution in [0.2, 0.25) is 0 Å². The van der Waals surface area contributed by atoms with E-state index in [0.29, 0.717) is 18.7 Å². The molecular formula is C23H22F2N2O3. The average Bonchev–Trinajstić information content (AvgIpc) is 2.73. The molecule has 0 aromatic heterocycles. The van der Waals surface area contributed by atoms with Gasteiger partial charge in [0, 0.05) is 6.54 Å². The third kappa shape index (κ3) is 5.78. The van der Waals surface area contributed by atoms with Gasteiger partial charge >= 0.3 is 0 Å². The van der Waals surface area contributed by atoms with Gasteiger partial charge in [0.15, 0.2) is 0 Å². The summed E-state index contributed by atoms with van der Waals surface area (Å²) >= 11 is 0. The highest BCUT2D eigenvalue weighted by Crippen LogP contribution is 2.18. The molecular weight excluding hydrogens is 390 g/mol. The number of hydrogen-bond acceptors (Lipinski definition) is 4. The van der Waals surface area contributed by atoms with Crippen LogP contribution < -0.4 is 15.8 Å². The van der Waals surface area contributed by atoms with Gasteiger partial charge in [-0.05, 0) is 53.9 Å². The van der Waals surface area contributed by atoms with Crippen molar-refractivity contribution in [3.05, 3.63) is 95.1 Å². The fourth-order valence-electron chi connectivity index (χ4n) is 2.91. The van der Waals surface area contributed by atoms with Crippen LogP contribution in [0.1, 0.15) is 16.7 Å². The third-order valence-electron chi connectivity index (χ3n) is 4.64. The lowest BCUT2D eigenvalue weighted by atomic mass is 10.0. The molecule has 1 amide bonds. The number of aromatic hydroxyl groups is 1. The first kappa shape index (κ1) is 21.3. The molecule has 0 spiro atoms. The highest BCUT2D eigenvalue weighted by atomic mass is 19.1. The van der Waals surface area contributed by atoms with E-state index in [1.807, 2.05) is 0 Å². The van der Waals surface area contributed by atoms with Crippen LogP contribution in [0.3, 0.4) is 0 Å². The maximum atomic E-state index is 13.7. The summed E-state index contributed by atoms with van der Waals surface area (Å²) in [5.74, 6) is -1.15. The highest BCUT2D eigenvalue weighted by molar-refractivity contribution is 5.80. The smallest absolute Gasteiger partial charge is 0.234 e. The Morgan fingerprint density at radius 2 is 1.57 bits per heavy atom. The van der Waals surface area contributed by atoms with Crippen LogP contribution >= 0.6 is 0 Å². The van der Waals surface area contributed by atoms with Crippen molar-refractivity contribution in [2.75, 3.05) is 0 Å². The number of primary amides is 1. The summed E-state index contributed by atoms with van der Waals surface area (Å²) in [6.07, 6.45) is 0.394. The lowest BCUT2D eigenvalue weighted by molar-refractivity contribution is -0.120. The van der Waals surface area contributed by atoms with Crippen LogP contribution in [0.4, 0.5) is 8.78 Å². The molecule has 0 saturated heterocycles. The average molecular weight is 412 g/mol. The van der Waals surface area contributed by atoms with Gasteiger partial charge in [-0.2, -0.15) is 0 Å². The van der Waals surface area contributed by atoms with E-state index in [1.165, 1.54) is 18.2 Å². The van der Waals surface area contributed by atoms with Crippen LogP contribution in [0, 0.1) is 11.6 Å². The van der Waals surface area contributed by atoms with E-state index in [0.717, 1.165) is 11.1 Å². The molecule has 0 aliphatic rings. The van der Waals surface area contributed by atoms with Crippen molar-refractivity contribution >= 4 is 5.91 Å². The Hall–Kier alpha value is -3.45. The van der Waals surface area contributed by atoms with Gasteiger partial charge in [0.25, 0.3) is 0 Å². The highest BCUT2D eigenvalue weighted by Gasteiger charge is 2.15. The number of amides is 1. The molecule has 0 heterocycles. The molecule has 0 aliphatic carbocycles. The van der Waals surface area contributed by atoms with E-state index in [9.17, 15) is 18.7 Å². The Bertz CT molecular complexity index is 972. The first-order valence-electron chi connectivity index (χ1n) is 9.37. The molecule has 3 rings (SSSR count). The predicted octanol–water partition coefficient (Wildman–Crippen LogP) is 3.44. The molecule has 30 heavy (non-hydrogen) atoms. The predicted molar refractivity (Wildman–Crippen MR) is 109 cm³/mol. The van der Waals surface area contributed by atoms with E-state index in [2.05, 4.69) is 5.32 Å². The molecule has 0 unspecified atom stereocenters. The molecule has 156 valence electrons. The Kier molecular flexibility index (Phi) is 6.98. The van der Waals surface area contributed by atoms with Crippen LogP contribution in [-0.2, 0) is 24.4 Å². The van der Waals surface area contributed by atoms with Crippen molar-refractivity contribution in [2.45, 2.75) is 25.6 Å². The zero-order chi connectivity index (χ0) is 21.5. The summed E-state index contributed by atoms with van der Waals surface area (Å²) in [6.45, 7) is 0.181. The summed E-state index contributed by atoms with van der Waals surface area (Å²) in [6, 6.07) is 16.6. The second-order valence-electron chi connectivity index (χ2n) is 6.84. The van der Waals surface area contributed by atoms with E-state index in [4.69, 9.17) is 10.5 Å². The first-order valence-corrected chi connectivity index (χ1v) is 9.37. The molecule has 4 N–H and O–H groups in total. The molecule has 7 heteroatoms. The number of nitrogens with one attached hydrogen (secondary N) is 1. The van der Waals surface area contributed by atoms with Gasteiger partial charge in [-0.25, -0.2) is 8.78 Å². The first-order chi connectivity index (χ1) is 14.4. The molecule has 0 radical (unpaired) electrons. The Morgan fingerprint density at radius 1 is 0.967 bits per heavy atom. The number of halogens is 2. The fourth-order valence-corrected chi connectivity index (χ4v) is 2.91. The van der Waals surface area contributed by atoms with Crippen molar-refractivity contribution in [1.29, 1.82) is 0 Å². The molecule has 3 aromatic rings. The molecule has 0 saturated carbocycles. The van der Waals surface area contributed by atoms with E-state index in [-0.39, 0.29) is 17.9 Å². The normalized spacial score (nSPS) is 11.8. The lowest BCUT2D eigenvalue weighted by Gasteiger charge is -2.16. The van der Waals surface area contributed by atoms with Crippen LogP contribution in [0.25, 0.3) is 0 Å². The Morgan fingerprint density at radius 3 is 2.17 bits per heavy atom. The van der Waals surface area contributed by atoms with Gasteiger partial charge in [-0.3, -0.25) is 4.79 Å². The second kappa shape index (κ2) is 9.84. The zero-order valence-electron chi connectivity index (χ0n) is 16.1. The van der Waals surface area contributed by atoms with Crippen molar-refractivity contribution in [3.8, 4) is 11.5 Å². The standard InChI is InChI=1S/C23H22F2N2O3/c24-20-2-1-3-21(25)19(20)14-30-18-10-6-16(7-11-18)13-27-22(23(26)29)12-15-4-8-17(28)9-5-15/h1-11,22,27-28H,12-14H2,(H2,26,29)/t22-/m0/s1. The maximum Gasteiger partial charge on any atom is 0.234 e. The summed E-state index contributed by atoms with van der Waals surface area (Å²) in [7, 11) is 0. The van der Waals surface area contributed by atoms with Gasteiger partial charge in [-0.1, -0.05) is 30.3 Å². The minimum Gasteiger partial charge on any atom is -0.508 e. The van der Waals surface area contributed by atoms with Crippen LogP contribution in [0.15, 0.2) is 66.7 Å². The molecule has 5 nitrogen and oxygen atoms in total. The van der Waals surface area contributed by atoms with E-state index < -0.39 is 23.6 Å². The zero-order valence-corrected chi connectivity index (χ0v) is 16.1. The summed E-state index contributed by atoms with van der Waals surface area (Å²) in [4.78, 5) is 11.8. The molecule has 3 aromatic carbocycles. The van der Waals surface area contributed by atoms with Gasteiger partial charge in [0.1, 0.15) is 29.7 Å². The number of carbonyl (C=O) groups excluding carboxylic acids is 1. The number of phenols is 1. The molecule has 1 atom stereocenters. The van der Waals surface area contributed by atoms with E-state index >= 15 is 0 Å². The van der Waals surface area contributed by atoms with Gasteiger partial charge in [0.2, 0.25) is 5.91 Å². The van der Waals surface area contributed by atoms with Crippen molar-refractivity contribution in [3.63, 3.8) is 0 Å². The number of nitrogens with two attached hydrogens (primary N) is 1. The number of benzene rings is 3. The monoisotopic (exact) mass is 412 g/mol. The number of hydrogen-bond donors (Lipinski definition) is 3. The number of carbonyl (C=O) groups is 1. The third-order valence-corrected chi connectivity index (χ3v) is 4.64. The van der Waals surface area contributed by atoms with Crippen molar-refractivity contribution < 1.29 is 23.4 Å². The van der Waals surface area contributed by atoms with Crippen molar-refractivity contribution in [2.24, 2.45) is 5.73 Å². The minimum atomic E-state index is -0.651. The summed E-state index contributed by atoms with van der Waals surface area (Å²) in [5, 5.41) is 12.5. The Balaban J connectivity index is 1.55. The van der Waals surface area contributed by atoms with Crippen LogP contribution in [-0.4, -0.2) is 17.1 Å². The minimum absolute atomic E-state index is 0.123. The number of rotatable bonds is 9. The van der Waals surface area contributed by atoms with Crippen LogP contribution in [0.5, 0.6) is 11.5 Å². The van der Waals surface area contributed by atoms with Gasteiger partial charge in [-0.15, -0.1) is 0 Å². The quantitative estimate of drug-likeness (QED) is 0.503. The van der Waals surface area contributed by atoms with Gasteiger partial charge < -0.3 is 20.9 Å². The Labute approximate surface area is 173 Å². The van der Waals surface area contributed by atoms with E-state index in [1.54, 1.807) is 48.5 Å². The molecule has 0 bridgehead atoms. The summed E-state index contributed by atoms with van der Waals surface area (Å²) < 4.78 is 32.8. The largest absolute Gasteiger partial charge is 0.508 e. The lowest BCUT2D eigenvalue weighted by Crippen LogP contribution is -2.42. The maximum absolute atomic E-state index is 13.7. The molecule has 0 fully saturated rings. The number of phenolic OH excluding ortho intramolecular Hbond substituents is 1. The second-order valence-corrected chi connectivity index (χ2v) is 6.84. The SMILES string of the molecule is NC(=O)[C@H](Cc1ccc(O)cc1)NCc1ccc(OCc2c(F)cccc2F)cc1. The van der Waals surface area contributed by atoms with Crippen molar-refractivity contribution in [1.82, 2.24) is 5.32 Å². The number of ether oxygens (including phenoxy) is 1. The summed E-state index contributed by atoms with van der Waals surface area (Å²) in [5.41, 5.74) is 7.12. The topological polar surface area (TPSA) is 84.6 Å². The fraction of sp³-hybridized carbons (Fsp3) is 0.174. The van der Waals surface area contributed by atoms with Gasteiger partial charge in [0.05, 0.1) is 11.6 Å².